The second-order valence-electron chi connectivity index (χ2n) is 6.11. The van der Waals surface area contributed by atoms with Gasteiger partial charge in [-0.3, -0.25) is 9.67 Å². The molecule has 3 nitrogen and oxygen atoms in total. The lowest BCUT2D eigenvalue weighted by Crippen LogP contribution is -1.87. The number of benzene rings is 3. The maximum Gasteiger partial charge on any atom is 0.0679 e. The van der Waals surface area contributed by atoms with Gasteiger partial charge < -0.3 is 0 Å². The van der Waals surface area contributed by atoms with E-state index in [1.54, 1.807) is 0 Å². The minimum atomic E-state index is 1.10. The Balaban J connectivity index is 0.000000136. The third-order valence-electron chi connectivity index (χ3n) is 4.50. The number of para-hydroxylation sites is 1. The number of fused-ring (bicyclic) bond motifs is 4. The zero-order valence-electron chi connectivity index (χ0n) is 14.3. The summed E-state index contributed by atoms with van der Waals surface area (Å²) in [5.41, 5.74) is 2.28. The first-order chi connectivity index (χ1) is 12.2. The van der Waals surface area contributed by atoms with E-state index in [4.69, 9.17) is 0 Å². The number of aromatic nitrogens is 3. The molecule has 0 spiro atoms. The molecule has 0 N–H and O–H groups in total. The van der Waals surface area contributed by atoms with E-state index in [9.17, 15) is 0 Å². The number of rotatable bonds is 0. The van der Waals surface area contributed by atoms with Gasteiger partial charge in [0.1, 0.15) is 0 Å². The van der Waals surface area contributed by atoms with Gasteiger partial charge in [0.05, 0.1) is 11.7 Å². The highest BCUT2D eigenvalue weighted by Crippen LogP contribution is 2.26. The Bertz CT molecular complexity index is 1170. The van der Waals surface area contributed by atoms with Gasteiger partial charge in [-0.05, 0) is 35.2 Å². The lowest BCUT2D eigenvalue weighted by Gasteiger charge is -2.05. The highest BCUT2D eigenvalue weighted by atomic mass is 15.2. The summed E-state index contributed by atoms with van der Waals surface area (Å²) >= 11 is 0. The molecule has 3 aromatic carbocycles. The number of hydrogen-bond acceptors (Lipinski definition) is 2. The van der Waals surface area contributed by atoms with Gasteiger partial charge in [0.15, 0.2) is 0 Å². The van der Waals surface area contributed by atoms with E-state index >= 15 is 0 Å². The van der Waals surface area contributed by atoms with Gasteiger partial charge in [-0.1, -0.05) is 54.6 Å². The van der Waals surface area contributed by atoms with Crippen LogP contribution in [-0.2, 0) is 7.05 Å². The monoisotopic (exact) mass is 325 g/mol. The van der Waals surface area contributed by atoms with E-state index in [1.807, 2.05) is 36.3 Å². The molecule has 0 aliphatic heterocycles. The van der Waals surface area contributed by atoms with Crippen LogP contribution in [0.4, 0.5) is 0 Å². The van der Waals surface area contributed by atoms with Crippen LogP contribution < -0.4 is 0 Å². The van der Waals surface area contributed by atoms with Gasteiger partial charge in [-0.15, -0.1) is 0 Å². The Morgan fingerprint density at radius 2 is 1.48 bits per heavy atom. The third-order valence-corrected chi connectivity index (χ3v) is 4.50. The normalized spacial score (nSPS) is 10.8. The molecule has 2 aromatic heterocycles. The van der Waals surface area contributed by atoms with Crippen molar-refractivity contribution in [1.29, 1.82) is 0 Å². The van der Waals surface area contributed by atoms with Crippen molar-refractivity contribution in [1.82, 2.24) is 14.8 Å². The molecule has 5 rings (SSSR count). The number of hydrogen-bond donors (Lipinski definition) is 0. The first-order valence-electron chi connectivity index (χ1n) is 8.34. The van der Waals surface area contributed by atoms with Crippen LogP contribution >= 0.6 is 0 Å². The SMILES string of the molecule is Cc1nccc2ccc3ccccc3c12.Cn1ncc2ccccc21. The third kappa shape index (κ3) is 2.85. The summed E-state index contributed by atoms with van der Waals surface area (Å²) in [5.74, 6) is 0. The Kier molecular flexibility index (Phi) is 3.90. The quantitative estimate of drug-likeness (QED) is 0.363. The zero-order valence-corrected chi connectivity index (χ0v) is 14.3. The van der Waals surface area contributed by atoms with Gasteiger partial charge in [0.2, 0.25) is 0 Å². The van der Waals surface area contributed by atoms with Gasteiger partial charge in [-0.25, -0.2) is 0 Å². The van der Waals surface area contributed by atoms with Gasteiger partial charge in [-0.2, -0.15) is 5.10 Å². The molecular weight excluding hydrogens is 306 g/mol. The van der Waals surface area contributed by atoms with Crippen LogP contribution in [0, 0.1) is 6.92 Å². The molecule has 122 valence electrons. The minimum absolute atomic E-state index is 1.10. The van der Waals surface area contributed by atoms with Crippen molar-refractivity contribution in [2.75, 3.05) is 0 Å². The van der Waals surface area contributed by atoms with E-state index in [2.05, 4.69) is 71.6 Å². The Labute approximate surface area is 146 Å². The van der Waals surface area contributed by atoms with Crippen molar-refractivity contribution in [2.45, 2.75) is 6.92 Å². The van der Waals surface area contributed by atoms with Crippen LogP contribution in [0.15, 0.2) is 79.1 Å². The summed E-state index contributed by atoms with van der Waals surface area (Å²) in [7, 11) is 1.95. The zero-order chi connectivity index (χ0) is 17.2. The fourth-order valence-corrected chi connectivity index (χ4v) is 3.23. The number of aryl methyl sites for hydroxylation is 2. The maximum absolute atomic E-state index is 4.36. The predicted molar refractivity (Wildman–Crippen MR) is 105 cm³/mol. The number of pyridine rings is 1. The highest BCUT2D eigenvalue weighted by Gasteiger charge is 2.02. The number of nitrogens with zero attached hydrogens (tertiary/aromatic N) is 3. The van der Waals surface area contributed by atoms with Gasteiger partial charge >= 0.3 is 0 Å². The topological polar surface area (TPSA) is 30.7 Å². The van der Waals surface area contributed by atoms with Crippen LogP contribution in [0.5, 0.6) is 0 Å². The minimum Gasteiger partial charge on any atom is -0.268 e. The summed E-state index contributed by atoms with van der Waals surface area (Å²) < 4.78 is 1.87. The Hall–Kier alpha value is -3.20. The summed E-state index contributed by atoms with van der Waals surface area (Å²) in [4.78, 5) is 4.36. The molecule has 0 radical (unpaired) electrons. The fraction of sp³-hybridized carbons (Fsp3) is 0.0909. The van der Waals surface area contributed by atoms with Crippen molar-refractivity contribution < 1.29 is 0 Å². The average Bonchev–Trinajstić information content (AvgIpc) is 3.04. The molecule has 2 heterocycles. The second-order valence-corrected chi connectivity index (χ2v) is 6.11. The molecule has 0 aliphatic carbocycles. The van der Waals surface area contributed by atoms with Crippen LogP contribution in [0.3, 0.4) is 0 Å². The fourth-order valence-electron chi connectivity index (χ4n) is 3.23. The molecule has 3 heteroatoms. The van der Waals surface area contributed by atoms with Crippen molar-refractivity contribution in [2.24, 2.45) is 7.05 Å². The second kappa shape index (κ2) is 6.36. The van der Waals surface area contributed by atoms with Gasteiger partial charge in [0, 0.05) is 29.7 Å². The first kappa shape index (κ1) is 15.3. The molecule has 0 atom stereocenters. The van der Waals surface area contributed by atoms with Gasteiger partial charge in [0.25, 0.3) is 0 Å². The van der Waals surface area contributed by atoms with E-state index in [1.165, 1.54) is 32.4 Å². The molecule has 0 aliphatic rings. The molecular formula is C22H19N3. The van der Waals surface area contributed by atoms with Crippen molar-refractivity contribution in [3.63, 3.8) is 0 Å². The standard InChI is InChI=1S/C14H11N.C8H8N2/c1-10-14-12(8-9-15-10)7-6-11-4-2-3-5-13(11)14;1-10-8-5-3-2-4-7(8)6-9-10/h2-9H,1H3;2-6H,1H3. The summed E-state index contributed by atoms with van der Waals surface area (Å²) in [6, 6.07) is 23.0. The molecule has 0 saturated heterocycles. The van der Waals surface area contributed by atoms with Crippen molar-refractivity contribution >= 4 is 32.4 Å². The predicted octanol–water partition coefficient (Wildman–Crippen LogP) is 5.27. The Morgan fingerprint density at radius 3 is 2.32 bits per heavy atom. The summed E-state index contributed by atoms with van der Waals surface area (Å²) in [6.07, 6.45) is 3.74. The highest BCUT2D eigenvalue weighted by molar-refractivity contribution is 6.08. The summed E-state index contributed by atoms with van der Waals surface area (Å²) in [6.45, 7) is 2.06. The first-order valence-corrected chi connectivity index (χ1v) is 8.34. The summed E-state index contributed by atoms with van der Waals surface area (Å²) in [5, 5.41) is 10.4. The molecule has 25 heavy (non-hydrogen) atoms. The van der Waals surface area contributed by atoms with E-state index in [-0.39, 0.29) is 0 Å². The largest absolute Gasteiger partial charge is 0.268 e. The molecule has 0 fully saturated rings. The van der Waals surface area contributed by atoms with Crippen molar-refractivity contribution in [3.05, 3.63) is 84.8 Å². The Morgan fingerprint density at radius 1 is 0.760 bits per heavy atom. The smallest absolute Gasteiger partial charge is 0.0679 e. The molecule has 5 aromatic rings. The molecule has 0 bridgehead atoms. The average molecular weight is 325 g/mol. The molecule has 0 saturated carbocycles. The maximum atomic E-state index is 4.36. The van der Waals surface area contributed by atoms with Crippen LogP contribution in [0.25, 0.3) is 32.4 Å². The molecule has 0 unspecified atom stereocenters. The van der Waals surface area contributed by atoms with E-state index in [0.29, 0.717) is 0 Å². The molecule has 0 amide bonds. The van der Waals surface area contributed by atoms with Crippen LogP contribution in [0.1, 0.15) is 5.69 Å². The van der Waals surface area contributed by atoms with E-state index < -0.39 is 0 Å². The van der Waals surface area contributed by atoms with E-state index in [0.717, 1.165) is 5.69 Å². The lowest BCUT2D eigenvalue weighted by atomic mass is 10.0. The lowest BCUT2D eigenvalue weighted by molar-refractivity contribution is 0.797. The van der Waals surface area contributed by atoms with Crippen LogP contribution in [-0.4, -0.2) is 14.8 Å². The van der Waals surface area contributed by atoms with Crippen LogP contribution in [0.2, 0.25) is 0 Å². The van der Waals surface area contributed by atoms with Crippen molar-refractivity contribution in [3.8, 4) is 0 Å².